The predicted molar refractivity (Wildman–Crippen MR) is 71.4 cm³/mol. The second kappa shape index (κ2) is 4.56. The van der Waals surface area contributed by atoms with Crippen molar-refractivity contribution in [2.24, 2.45) is 0 Å². The first-order valence-electron chi connectivity index (χ1n) is 6.03. The first-order chi connectivity index (χ1) is 7.67. The summed E-state index contributed by atoms with van der Waals surface area (Å²) in [4.78, 5) is 0. The number of allylic oxidation sites excluding steroid dienone is 1. The molecule has 16 heavy (non-hydrogen) atoms. The quantitative estimate of drug-likeness (QED) is 0.712. The van der Waals surface area contributed by atoms with Crippen molar-refractivity contribution in [1.82, 2.24) is 0 Å². The summed E-state index contributed by atoms with van der Waals surface area (Å²) >= 11 is 0. The summed E-state index contributed by atoms with van der Waals surface area (Å²) in [6, 6.07) is 9.85. The maximum absolute atomic E-state index is 6.23. The minimum Gasteiger partial charge on any atom is -0.408 e. The van der Waals surface area contributed by atoms with Gasteiger partial charge >= 0.3 is 0 Å². The first-order valence-corrected chi connectivity index (χ1v) is 8.14. The molecule has 0 amide bonds. The zero-order valence-electron chi connectivity index (χ0n) is 10.3. The molecule has 0 saturated carbocycles. The van der Waals surface area contributed by atoms with Gasteiger partial charge in [-0.15, -0.1) is 6.58 Å². The van der Waals surface area contributed by atoms with E-state index in [1.54, 1.807) is 0 Å². The fraction of sp³-hybridized carbons (Fsp3) is 0.429. The minimum atomic E-state index is -1.88. The molecule has 2 rings (SSSR count). The lowest BCUT2D eigenvalue weighted by Gasteiger charge is -2.36. The standard InChI is InChI=1S/C14H20OSi/c1-12(2)16(11-7-6-10-15-16)14-9-5-4-8-13(14)3/h4-5,8-9H,1,6-7,10-11H2,2-3H3. The van der Waals surface area contributed by atoms with E-state index in [-0.39, 0.29) is 0 Å². The molecule has 1 unspecified atom stereocenters. The molecule has 0 radical (unpaired) electrons. The second-order valence-electron chi connectivity index (χ2n) is 4.73. The van der Waals surface area contributed by atoms with E-state index in [0.29, 0.717) is 0 Å². The molecule has 1 saturated heterocycles. The Labute approximate surface area is 99.3 Å². The van der Waals surface area contributed by atoms with Gasteiger partial charge in [0.25, 0.3) is 8.32 Å². The molecular formula is C14H20OSi. The van der Waals surface area contributed by atoms with Gasteiger partial charge in [-0.25, -0.2) is 0 Å². The summed E-state index contributed by atoms with van der Waals surface area (Å²) in [5.74, 6) is 0. The molecule has 0 spiro atoms. The molecule has 0 N–H and O–H groups in total. The molecule has 86 valence electrons. The van der Waals surface area contributed by atoms with Gasteiger partial charge in [0, 0.05) is 6.61 Å². The van der Waals surface area contributed by atoms with Crippen LogP contribution in [0.1, 0.15) is 25.3 Å². The number of aryl methyl sites for hydroxylation is 1. The molecular weight excluding hydrogens is 212 g/mol. The van der Waals surface area contributed by atoms with Gasteiger partial charge in [-0.1, -0.05) is 35.9 Å². The average molecular weight is 232 g/mol. The monoisotopic (exact) mass is 232 g/mol. The predicted octanol–water partition coefficient (Wildman–Crippen LogP) is 3.07. The summed E-state index contributed by atoms with van der Waals surface area (Å²) in [7, 11) is -1.88. The normalized spacial score (nSPS) is 25.4. The van der Waals surface area contributed by atoms with Crippen LogP contribution in [0.4, 0.5) is 0 Å². The van der Waals surface area contributed by atoms with Crippen molar-refractivity contribution in [3.05, 3.63) is 41.6 Å². The molecule has 1 atom stereocenters. The Morgan fingerprint density at radius 3 is 2.62 bits per heavy atom. The highest BCUT2D eigenvalue weighted by molar-refractivity contribution is 6.92. The van der Waals surface area contributed by atoms with E-state index in [1.165, 1.54) is 34.8 Å². The van der Waals surface area contributed by atoms with Crippen LogP contribution < -0.4 is 5.19 Å². The van der Waals surface area contributed by atoms with Crippen molar-refractivity contribution in [2.45, 2.75) is 32.7 Å². The SMILES string of the molecule is C=C(C)[Si]1(c2ccccc2C)CCCCO1. The Balaban J connectivity index is 2.47. The van der Waals surface area contributed by atoms with Crippen LogP contribution in [0.5, 0.6) is 0 Å². The van der Waals surface area contributed by atoms with Crippen LogP contribution in [-0.2, 0) is 4.43 Å². The number of rotatable bonds is 2. The highest BCUT2D eigenvalue weighted by Gasteiger charge is 2.40. The molecule has 2 heteroatoms. The molecule has 1 aromatic rings. The molecule has 1 fully saturated rings. The summed E-state index contributed by atoms with van der Waals surface area (Å²) in [6.45, 7) is 9.44. The van der Waals surface area contributed by atoms with Crippen LogP contribution in [0.3, 0.4) is 0 Å². The van der Waals surface area contributed by atoms with Crippen LogP contribution in [0, 0.1) is 6.92 Å². The third-order valence-electron chi connectivity index (χ3n) is 3.54. The number of benzene rings is 1. The zero-order valence-corrected chi connectivity index (χ0v) is 11.3. The highest BCUT2D eigenvalue weighted by atomic mass is 28.4. The van der Waals surface area contributed by atoms with E-state index >= 15 is 0 Å². The Kier molecular flexibility index (Phi) is 3.31. The van der Waals surface area contributed by atoms with Gasteiger partial charge < -0.3 is 4.43 Å². The Hall–Kier alpha value is -0.863. The third kappa shape index (κ3) is 1.87. The van der Waals surface area contributed by atoms with Gasteiger partial charge in [-0.2, -0.15) is 0 Å². The van der Waals surface area contributed by atoms with E-state index in [0.717, 1.165) is 6.61 Å². The van der Waals surface area contributed by atoms with Crippen LogP contribution in [0.2, 0.25) is 6.04 Å². The topological polar surface area (TPSA) is 9.23 Å². The summed E-state index contributed by atoms with van der Waals surface area (Å²) in [5.41, 5.74) is 1.36. The fourth-order valence-electron chi connectivity index (χ4n) is 2.60. The number of hydrogen-bond acceptors (Lipinski definition) is 1. The number of hydrogen-bond donors (Lipinski definition) is 0. The van der Waals surface area contributed by atoms with Crippen LogP contribution >= 0.6 is 0 Å². The van der Waals surface area contributed by atoms with Crippen LogP contribution in [0.15, 0.2) is 36.0 Å². The van der Waals surface area contributed by atoms with Crippen molar-refractivity contribution in [2.75, 3.05) is 6.61 Å². The smallest absolute Gasteiger partial charge is 0.251 e. The van der Waals surface area contributed by atoms with E-state index in [1.807, 2.05) is 0 Å². The van der Waals surface area contributed by atoms with Gasteiger partial charge in [0.1, 0.15) is 0 Å². The van der Waals surface area contributed by atoms with Crippen molar-refractivity contribution in [3.8, 4) is 0 Å². The van der Waals surface area contributed by atoms with Gasteiger partial charge in [0.2, 0.25) is 0 Å². The second-order valence-corrected chi connectivity index (χ2v) is 8.56. The molecule has 0 aromatic heterocycles. The van der Waals surface area contributed by atoms with Crippen LogP contribution in [-0.4, -0.2) is 14.9 Å². The lowest BCUT2D eigenvalue weighted by atomic mass is 10.2. The van der Waals surface area contributed by atoms with E-state index in [2.05, 4.69) is 44.7 Å². The van der Waals surface area contributed by atoms with Gasteiger partial charge in [-0.05, 0) is 37.1 Å². The molecule has 0 bridgehead atoms. The molecule has 1 aliphatic heterocycles. The zero-order chi connectivity index (χ0) is 11.6. The van der Waals surface area contributed by atoms with Crippen molar-refractivity contribution < 1.29 is 4.43 Å². The first kappa shape index (κ1) is 11.6. The Morgan fingerprint density at radius 1 is 1.31 bits per heavy atom. The van der Waals surface area contributed by atoms with Crippen molar-refractivity contribution in [1.29, 1.82) is 0 Å². The summed E-state index contributed by atoms with van der Waals surface area (Å²) in [6.07, 6.45) is 2.49. The third-order valence-corrected chi connectivity index (χ3v) is 8.11. The van der Waals surface area contributed by atoms with Gasteiger partial charge in [0.15, 0.2) is 0 Å². The van der Waals surface area contributed by atoms with Gasteiger partial charge in [0.05, 0.1) is 0 Å². The average Bonchev–Trinajstić information content (AvgIpc) is 2.30. The lowest BCUT2D eigenvalue weighted by molar-refractivity contribution is 0.280. The Bertz CT molecular complexity index is 391. The molecule has 1 nitrogen and oxygen atoms in total. The molecule has 1 heterocycles. The summed E-state index contributed by atoms with van der Waals surface area (Å²) < 4.78 is 6.23. The minimum absolute atomic E-state index is 0.910. The molecule has 1 aromatic carbocycles. The molecule has 0 aliphatic carbocycles. The highest BCUT2D eigenvalue weighted by Crippen LogP contribution is 2.28. The summed E-state index contributed by atoms with van der Waals surface area (Å²) in [5, 5.41) is 2.70. The maximum atomic E-state index is 6.23. The van der Waals surface area contributed by atoms with Crippen LogP contribution in [0.25, 0.3) is 0 Å². The largest absolute Gasteiger partial charge is 0.408 e. The maximum Gasteiger partial charge on any atom is 0.251 e. The van der Waals surface area contributed by atoms with Crippen molar-refractivity contribution >= 4 is 13.5 Å². The van der Waals surface area contributed by atoms with E-state index in [9.17, 15) is 0 Å². The van der Waals surface area contributed by atoms with Gasteiger partial charge in [-0.3, -0.25) is 0 Å². The lowest BCUT2D eigenvalue weighted by Crippen LogP contribution is -2.55. The fourth-order valence-corrected chi connectivity index (χ4v) is 6.63. The van der Waals surface area contributed by atoms with E-state index in [4.69, 9.17) is 4.43 Å². The van der Waals surface area contributed by atoms with E-state index < -0.39 is 8.32 Å². The Morgan fingerprint density at radius 2 is 2.06 bits per heavy atom. The van der Waals surface area contributed by atoms with Crippen molar-refractivity contribution in [3.63, 3.8) is 0 Å². The molecule has 1 aliphatic rings.